The molecule has 8 nitrogen and oxygen atoms in total. The second-order valence-corrected chi connectivity index (χ2v) is 8.68. The van der Waals surface area contributed by atoms with E-state index >= 15 is 0 Å². The van der Waals surface area contributed by atoms with Crippen molar-refractivity contribution in [2.45, 2.75) is 58.2 Å². The van der Waals surface area contributed by atoms with Crippen molar-refractivity contribution >= 4 is 22.7 Å². The van der Waals surface area contributed by atoms with E-state index in [-0.39, 0.29) is 18.4 Å². The Hall–Kier alpha value is -2.45. The van der Waals surface area contributed by atoms with Gasteiger partial charge in [-0.15, -0.1) is 0 Å². The van der Waals surface area contributed by atoms with Gasteiger partial charge in [0.15, 0.2) is 5.69 Å². The Kier molecular flexibility index (Phi) is 6.24. The summed E-state index contributed by atoms with van der Waals surface area (Å²) in [4.78, 5) is 24.9. The van der Waals surface area contributed by atoms with Gasteiger partial charge in [-0.2, -0.15) is 5.10 Å². The standard InChI is InChI=1S/C21H30N4O4/c1-21(2,12-26)18(19(22)28)23-20(29)17-15-5-3-4-6-16(15)25(24-17)11-13-7-9-14(27)10-8-13/h3-6,13-14,18,26-27H,7-12H2,1-2H3,(H2,22,28)(H,23,29). The highest BCUT2D eigenvalue weighted by molar-refractivity contribution is 6.06. The lowest BCUT2D eigenvalue weighted by atomic mass is 9.84. The summed E-state index contributed by atoms with van der Waals surface area (Å²) in [7, 11) is 0. The van der Waals surface area contributed by atoms with Crippen LogP contribution in [0.4, 0.5) is 0 Å². The topological polar surface area (TPSA) is 130 Å². The zero-order valence-electron chi connectivity index (χ0n) is 17.0. The van der Waals surface area contributed by atoms with Crippen molar-refractivity contribution in [3.8, 4) is 0 Å². The van der Waals surface area contributed by atoms with E-state index in [1.54, 1.807) is 13.8 Å². The predicted octanol–water partition coefficient (Wildman–Crippen LogP) is 1.19. The van der Waals surface area contributed by atoms with E-state index in [4.69, 9.17) is 5.73 Å². The molecule has 1 atom stereocenters. The molecule has 1 fully saturated rings. The van der Waals surface area contributed by atoms with Gasteiger partial charge in [0.25, 0.3) is 5.91 Å². The highest BCUT2D eigenvalue weighted by Crippen LogP contribution is 2.28. The minimum Gasteiger partial charge on any atom is -0.396 e. The molecule has 8 heteroatoms. The van der Waals surface area contributed by atoms with Crippen molar-refractivity contribution in [3.05, 3.63) is 30.0 Å². The third-order valence-corrected chi connectivity index (χ3v) is 5.87. The minimum absolute atomic E-state index is 0.220. The zero-order chi connectivity index (χ0) is 21.2. The number of rotatable bonds is 7. The number of hydrogen-bond donors (Lipinski definition) is 4. The van der Waals surface area contributed by atoms with Gasteiger partial charge >= 0.3 is 0 Å². The van der Waals surface area contributed by atoms with Gasteiger partial charge in [-0.05, 0) is 37.7 Å². The fourth-order valence-corrected chi connectivity index (χ4v) is 3.95. The number of fused-ring (bicyclic) bond motifs is 1. The number of nitrogens with one attached hydrogen (secondary N) is 1. The van der Waals surface area contributed by atoms with Crippen molar-refractivity contribution in [2.75, 3.05) is 6.61 Å². The normalized spacial score (nSPS) is 21.1. The Morgan fingerprint density at radius 1 is 1.28 bits per heavy atom. The number of carbonyl (C=O) groups is 2. The molecular formula is C21H30N4O4. The molecule has 1 aromatic carbocycles. The second kappa shape index (κ2) is 8.51. The molecule has 1 aromatic heterocycles. The molecule has 5 N–H and O–H groups in total. The summed E-state index contributed by atoms with van der Waals surface area (Å²) in [6.07, 6.45) is 3.19. The number of hydrogen-bond acceptors (Lipinski definition) is 5. The first-order valence-corrected chi connectivity index (χ1v) is 10.1. The summed E-state index contributed by atoms with van der Waals surface area (Å²) in [6.45, 7) is 3.69. The van der Waals surface area contributed by atoms with Gasteiger partial charge in [-0.3, -0.25) is 14.3 Å². The maximum absolute atomic E-state index is 13.0. The quantitative estimate of drug-likeness (QED) is 0.553. The molecule has 1 saturated carbocycles. The van der Waals surface area contributed by atoms with E-state index in [1.807, 2.05) is 28.9 Å². The fourth-order valence-electron chi connectivity index (χ4n) is 3.95. The van der Waals surface area contributed by atoms with Crippen LogP contribution < -0.4 is 11.1 Å². The molecule has 0 radical (unpaired) electrons. The number of nitrogens with zero attached hydrogens (tertiary/aromatic N) is 2. The number of para-hydroxylation sites is 1. The van der Waals surface area contributed by atoms with E-state index < -0.39 is 23.3 Å². The number of nitrogens with two attached hydrogens (primary N) is 1. The molecule has 0 saturated heterocycles. The average molecular weight is 402 g/mol. The molecule has 2 amide bonds. The van der Waals surface area contributed by atoms with E-state index in [1.165, 1.54) is 0 Å². The van der Waals surface area contributed by atoms with Crippen LogP contribution in [-0.2, 0) is 11.3 Å². The van der Waals surface area contributed by atoms with Crippen LogP contribution in [0.5, 0.6) is 0 Å². The lowest BCUT2D eigenvalue weighted by Gasteiger charge is -2.30. The van der Waals surface area contributed by atoms with Crippen LogP contribution in [0.1, 0.15) is 50.0 Å². The lowest BCUT2D eigenvalue weighted by Crippen LogP contribution is -2.54. The van der Waals surface area contributed by atoms with Crippen LogP contribution in [0.15, 0.2) is 24.3 Å². The zero-order valence-corrected chi connectivity index (χ0v) is 17.0. The van der Waals surface area contributed by atoms with Gasteiger partial charge < -0.3 is 21.3 Å². The Balaban J connectivity index is 1.87. The van der Waals surface area contributed by atoms with Gasteiger partial charge in [0.2, 0.25) is 5.91 Å². The van der Waals surface area contributed by atoms with Crippen molar-refractivity contribution in [2.24, 2.45) is 17.1 Å². The van der Waals surface area contributed by atoms with E-state index in [0.29, 0.717) is 17.8 Å². The first kappa shape index (κ1) is 21.3. The maximum atomic E-state index is 13.0. The van der Waals surface area contributed by atoms with E-state index in [0.717, 1.165) is 31.2 Å². The Morgan fingerprint density at radius 3 is 2.55 bits per heavy atom. The molecule has 1 aliphatic carbocycles. The molecule has 1 aliphatic rings. The van der Waals surface area contributed by atoms with Gasteiger partial charge in [-0.1, -0.05) is 32.0 Å². The highest BCUT2D eigenvalue weighted by Gasteiger charge is 2.35. The SMILES string of the molecule is CC(C)(CO)C(NC(=O)c1nn(CC2CCC(O)CC2)c2ccccc12)C(N)=O. The Morgan fingerprint density at radius 2 is 1.93 bits per heavy atom. The number of amides is 2. The number of benzene rings is 1. The third-order valence-electron chi connectivity index (χ3n) is 5.87. The smallest absolute Gasteiger partial charge is 0.273 e. The summed E-state index contributed by atoms with van der Waals surface area (Å²) in [5.74, 6) is -0.810. The molecule has 0 aliphatic heterocycles. The molecule has 3 rings (SSSR count). The average Bonchev–Trinajstić information content (AvgIpc) is 3.06. The van der Waals surface area contributed by atoms with Crippen LogP contribution in [-0.4, -0.2) is 50.6 Å². The highest BCUT2D eigenvalue weighted by atomic mass is 16.3. The summed E-state index contributed by atoms with van der Waals surface area (Å²) < 4.78 is 1.84. The number of aliphatic hydroxyl groups excluding tert-OH is 2. The number of carbonyl (C=O) groups excluding carboxylic acids is 2. The van der Waals surface area contributed by atoms with E-state index in [2.05, 4.69) is 10.4 Å². The molecule has 1 heterocycles. The monoisotopic (exact) mass is 402 g/mol. The van der Waals surface area contributed by atoms with Crippen LogP contribution in [0.2, 0.25) is 0 Å². The summed E-state index contributed by atoms with van der Waals surface area (Å²) in [5, 5.41) is 27.2. The number of aromatic nitrogens is 2. The largest absolute Gasteiger partial charge is 0.396 e. The first-order valence-electron chi connectivity index (χ1n) is 10.1. The molecule has 1 unspecified atom stereocenters. The molecule has 0 spiro atoms. The third kappa shape index (κ3) is 4.59. The van der Waals surface area contributed by atoms with Crippen LogP contribution in [0.25, 0.3) is 10.9 Å². The summed E-state index contributed by atoms with van der Waals surface area (Å²) in [5.41, 5.74) is 5.65. The number of primary amides is 1. The van der Waals surface area contributed by atoms with Gasteiger partial charge in [0.05, 0.1) is 18.2 Å². The van der Waals surface area contributed by atoms with Gasteiger partial charge in [-0.25, -0.2) is 0 Å². The Bertz CT molecular complexity index is 884. The molecule has 29 heavy (non-hydrogen) atoms. The molecule has 0 bridgehead atoms. The van der Waals surface area contributed by atoms with Crippen molar-refractivity contribution in [1.82, 2.24) is 15.1 Å². The van der Waals surface area contributed by atoms with Gasteiger partial charge in [0, 0.05) is 17.3 Å². The first-order chi connectivity index (χ1) is 13.7. The van der Waals surface area contributed by atoms with Crippen LogP contribution in [0.3, 0.4) is 0 Å². The fraction of sp³-hybridized carbons (Fsp3) is 0.571. The summed E-state index contributed by atoms with van der Waals surface area (Å²) >= 11 is 0. The number of aliphatic hydroxyl groups is 2. The maximum Gasteiger partial charge on any atom is 0.273 e. The molecular weight excluding hydrogens is 372 g/mol. The van der Waals surface area contributed by atoms with Crippen molar-refractivity contribution in [1.29, 1.82) is 0 Å². The van der Waals surface area contributed by atoms with Gasteiger partial charge in [0.1, 0.15) is 6.04 Å². The summed E-state index contributed by atoms with van der Waals surface area (Å²) in [6, 6.07) is 6.46. The van der Waals surface area contributed by atoms with Crippen molar-refractivity contribution in [3.63, 3.8) is 0 Å². The van der Waals surface area contributed by atoms with E-state index in [9.17, 15) is 19.8 Å². The van der Waals surface area contributed by atoms with Crippen LogP contribution >= 0.6 is 0 Å². The van der Waals surface area contributed by atoms with Crippen molar-refractivity contribution < 1.29 is 19.8 Å². The molecule has 158 valence electrons. The predicted molar refractivity (Wildman–Crippen MR) is 109 cm³/mol. The van der Waals surface area contributed by atoms with Crippen LogP contribution in [0, 0.1) is 11.3 Å². The molecule has 2 aromatic rings. The Labute approximate surface area is 170 Å². The minimum atomic E-state index is -1.02. The lowest BCUT2D eigenvalue weighted by molar-refractivity contribution is -0.123. The second-order valence-electron chi connectivity index (χ2n) is 8.68.